The Hall–Kier alpha value is -0.950. The van der Waals surface area contributed by atoms with Gasteiger partial charge in [0.15, 0.2) is 0 Å². The van der Waals surface area contributed by atoms with Crippen molar-refractivity contribution >= 4 is 5.97 Å². The van der Waals surface area contributed by atoms with Gasteiger partial charge in [0.1, 0.15) is 6.10 Å². The first-order chi connectivity index (χ1) is 21.0. The first-order valence-corrected chi connectivity index (χ1v) is 18.6. The van der Waals surface area contributed by atoms with Crippen molar-refractivity contribution in [2.24, 2.45) is 0 Å². The second kappa shape index (κ2) is 21.7. The average molecular weight is 607 g/mol. The molecule has 0 spiro atoms. The van der Waals surface area contributed by atoms with Gasteiger partial charge >= 0.3 is 5.97 Å². The smallest absolute Gasteiger partial charge is 0.334 e. The molecule has 3 aliphatic rings. The first kappa shape index (κ1) is 36.5. The molecule has 0 amide bonds. The zero-order valence-corrected chi connectivity index (χ0v) is 27.8. The zero-order chi connectivity index (χ0) is 30.7. The van der Waals surface area contributed by atoms with E-state index in [2.05, 4.69) is 6.92 Å². The molecule has 2 N–H and O–H groups in total. The summed E-state index contributed by atoms with van der Waals surface area (Å²) in [5, 5.41) is 21.5. The van der Waals surface area contributed by atoms with Crippen molar-refractivity contribution in [3.63, 3.8) is 0 Å². The summed E-state index contributed by atoms with van der Waals surface area (Å²) in [5.41, 5.74) is 0.831. The second-order valence-corrected chi connectivity index (χ2v) is 13.9. The van der Waals surface area contributed by atoms with Crippen LogP contribution in [0.4, 0.5) is 0 Å². The lowest BCUT2D eigenvalue weighted by Crippen LogP contribution is -2.33. The number of aliphatic hydroxyl groups excluding tert-OH is 2. The van der Waals surface area contributed by atoms with Crippen molar-refractivity contribution in [3.05, 3.63) is 11.6 Å². The Kier molecular flexibility index (Phi) is 18.5. The number of carbonyl (C=O) groups excluding carboxylic acids is 1. The number of carbonyl (C=O) groups is 1. The Balaban J connectivity index is 1.14. The second-order valence-electron chi connectivity index (χ2n) is 13.9. The van der Waals surface area contributed by atoms with Crippen LogP contribution < -0.4 is 0 Å². The predicted octanol–water partition coefficient (Wildman–Crippen LogP) is 8.89. The molecule has 6 nitrogen and oxygen atoms in total. The van der Waals surface area contributed by atoms with Crippen LogP contribution >= 0.6 is 0 Å². The normalized spacial score (nSPS) is 27.0. The van der Waals surface area contributed by atoms with Gasteiger partial charge in [-0.15, -0.1) is 0 Å². The fourth-order valence-electron chi connectivity index (χ4n) is 7.25. The summed E-state index contributed by atoms with van der Waals surface area (Å²) in [7, 11) is 0. The van der Waals surface area contributed by atoms with Crippen LogP contribution in [0.3, 0.4) is 0 Å². The summed E-state index contributed by atoms with van der Waals surface area (Å²) in [6.07, 6.45) is 29.9. The lowest BCUT2D eigenvalue weighted by molar-refractivity contribution is -0.139. The Morgan fingerprint density at radius 3 is 1.49 bits per heavy atom. The van der Waals surface area contributed by atoms with E-state index in [-0.39, 0.29) is 42.6 Å². The number of unbranched alkanes of at least 4 members (excludes halogenated alkanes) is 16. The first-order valence-electron chi connectivity index (χ1n) is 18.6. The third-order valence-corrected chi connectivity index (χ3v) is 9.98. The maximum absolute atomic E-state index is 11.7. The third kappa shape index (κ3) is 14.3. The van der Waals surface area contributed by atoms with Crippen LogP contribution in [-0.2, 0) is 19.0 Å². The van der Waals surface area contributed by atoms with E-state index in [9.17, 15) is 15.0 Å². The van der Waals surface area contributed by atoms with Crippen molar-refractivity contribution in [1.29, 1.82) is 0 Å². The van der Waals surface area contributed by atoms with Crippen LogP contribution in [0.5, 0.6) is 0 Å². The molecule has 2 saturated heterocycles. The molecule has 0 bridgehead atoms. The number of rotatable bonds is 25. The molecule has 43 heavy (non-hydrogen) atoms. The van der Waals surface area contributed by atoms with Crippen molar-refractivity contribution in [2.75, 3.05) is 0 Å². The zero-order valence-electron chi connectivity index (χ0n) is 27.8. The SMILES string of the molecule is CCCCCCCCCCCCCCC[C@H](O)[C@H]1CC[C@H]([C@H]2CC[C@H]([C@H](O)CCCCCCCC3=C[C@H](C)OC3=O)O2)O1. The summed E-state index contributed by atoms with van der Waals surface area (Å²) >= 11 is 0. The molecular weight excluding hydrogens is 540 g/mol. The van der Waals surface area contributed by atoms with Crippen LogP contribution in [0.15, 0.2) is 11.6 Å². The van der Waals surface area contributed by atoms with Crippen LogP contribution in [0.1, 0.15) is 174 Å². The fraction of sp³-hybridized carbons (Fsp3) is 0.919. The molecule has 6 heteroatoms. The molecule has 0 aliphatic carbocycles. The third-order valence-electron chi connectivity index (χ3n) is 9.98. The molecule has 3 aliphatic heterocycles. The topological polar surface area (TPSA) is 85.2 Å². The molecule has 0 aromatic carbocycles. The largest absolute Gasteiger partial charge is 0.455 e. The van der Waals surface area contributed by atoms with Gasteiger partial charge < -0.3 is 24.4 Å². The highest BCUT2D eigenvalue weighted by Crippen LogP contribution is 2.34. The average Bonchev–Trinajstić information content (AvgIpc) is 3.75. The van der Waals surface area contributed by atoms with Crippen molar-refractivity contribution in [2.45, 2.75) is 217 Å². The van der Waals surface area contributed by atoms with Crippen LogP contribution in [0, 0.1) is 0 Å². The maximum atomic E-state index is 11.7. The van der Waals surface area contributed by atoms with E-state index in [1.807, 2.05) is 13.0 Å². The highest BCUT2D eigenvalue weighted by molar-refractivity contribution is 5.90. The van der Waals surface area contributed by atoms with Crippen molar-refractivity contribution < 1.29 is 29.2 Å². The standard InChI is InChI=1S/C37H66O6/c1-3-4-5-6-7-8-9-10-11-12-13-16-19-22-31(38)33-24-26-35(42-33)36-27-25-34(43-36)32(39)23-20-17-14-15-18-21-30-28-29(2)41-37(30)40/h28-29,31-36,38-39H,3-27H2,1-2H3/t29-,31-,32+,33+,34+,35+,36+/m0/s1. The molecule has 2 fully saturated rings. The number of ether oxygens (including phenoxy) is 3. The van der Waals surface area contributed by atoms with Crippen molar-refractivity contribution in [3.8, 4) is 0 Å². The minimum atomic E-state index is -0.414. The van der Waals surface area contributed by atoms with E-state index in [4.69, 9.17) is 14.2 Å². The van der Waals surface area contributed by atoms with E-state index < -0.39 is 6.10 Å². The molecule has 7 atom stereocenters. The maximum Gasteiger partial charge on any atom is 0.334 e. The van der Waals surface area contributed by atoms with E-state index in [0.29, 0.717) is 0 Å². The Morgan fingerprint density at radius 2 is 1.07 bits per heavy atom. The molecule has 0 aromatic rings. The number of hydrogen-bond donors (Lipinski definition) is 2. The lowest BCUT2D eigenvalue weighted by atomic mass is 10.00. The van der Waals surface area contributed by atoms with Gasteiger partial charge in [-0.3, -0.25) is 0 Å². The number of hydrogen-bond acceptors (Lipinski definition) is 6. The summed E-state index contributed by atoms with van der Waals surface area (Å²) < 4.78 is 17.7. The van der Waals surface area contributed by atoms with E-state index in [1.165, 1.54) is 77.0 Å². The summed E-state index contributed by atoms with van der Waals surface area (Å²) in [6, 6.07) is 0. The summed E-state index contributed by atoms with van der Waals surface area (Å²) in [5.74, 6) is -0.148. The lowest BCUT2D eigenvalue weighted by Gasteiger charge is -2.24. The van der Waals surface area contributed by atoms with E-state index >= 15 is 0 Å². The quantitative estimate of drug-likeness (QED) is 0.0797. The predicted molar refractivity (Wildman–Crippen MR) is 174 cm³/mol. The van der Waals surface area contributed by atoms with Gasteiger partial charge in [0.05, 0.1) is 36.6 Å². The summed E-state index contributed by atoms with van der Waals surface area (Å²) in [4.78, 5) is 11.7. The van der Waals surface area contributed by atoms with Gasteiger partial charge in [0.25, 0.3) is 0 Å². The van der Waals surface area contributed by atoms with Gasteiger partial charge in [0, 0.05) is 5.57 Å². The highest BCUT2D eigenvalue weighted by atomic mass is 16.6. The Bertz CT molecular complexity index is 768. The molecule has 250 valence electrons. The minimum absolute atomic E-state index is 0.0486. The molecule has 0 saturated carbocycles. The number of cyclic esters (lactones) is 1. The van der Waals surface area contributed by atoms with Crippen LogP contribution in [-0.4, -0.2) is 58.9 Å². The molecule has 0 aromatic heterocycles. The Labute approximate surface area is 263 Å². The van der Waals surface area contributed by atoms with E-state index in [0.717, 1.165) is 89.0 Å². The number of aliphatic hydroxyl groups is 2. The van der Waals surface area contributed by atoms with Gasteiger partial charge in [-0.05, 0) is 64.4 Å². The minimum Gasteiger partial charge on any atom is -0.455 e. The molecule has 3 heterocycles. The fourth-order valence-corrected chi connectivity index (χ4v) is 7.25. The summed E-state index contributed by atoms with van der Waals surface area (Å²) in [6.45, 7) is 4.18. The van der Waals surface area contributed by atoms with E-state index in [1.54, 1.807) is 0 Å². The highest BCUT2D eigenvalue weighted by Gasteiger charge is 2.40. The monoisotopic (exact) mass is 606 g/mol. The van der Waals surface area contributed by atoms with Gasteiger partial charge in [0.2, 0.25) is 0 Å². The molecular formula is C37H66O6. The Morgan fingerprint density at radius 1 is 0.651 bits per heavy atom. The van der Waals surface area contributed by atoms with Gasteiger partial charge in [-0.25, -0.2) is 4.79 Å². The molecule has 0 radical (unpaired) electrons. The van der Waals surface area contributed by atoms with Gasteiger partial charge in [-0.1, -0.05) is 116 Å². The number of esters is 1. The van der Waals surface area contributed by atoms with Gasteiger partial charge in [-0.2, -0.15) is 0 Å². The molecule has 0 unspecified atom stereocenters. The van der Waals surface area contributed by atoms with Crippen LogP contribution in [0.2, 0.25) is 0 Å². The van der Waals surface area contributed by atoms with Crippen LogP contribution in [0.25, 0.3) is 0 Å². The van der Waals surface area contributed by atoms with Crippen molar-refractivity contribution in [1.82, 2.24) is 0 Å². The molecule has 3 rings (SSSR count).